The Bertz CT molecular complexity index is 282. The monoisotopic (exact) mass is 140 g/mol. The molecule has 2 rings (SSSR count). The molecule has 2 heteroatoms. The van der Waals surface area contributed by atoms with Gasteiger partial charge >= 0.3 is 68.0 Å². The molecule has 0 amide bonds. The first-order chi connectivity index (χ1) is 5.40. The average molecular weight is 140 g/mol. The van der Waals surface area contributed by atoms with Gasteiger partial charge in [-0.1, -0.05) is 0 Å². The number of rotatable bonds is 1. The molecule has 0 nitrogen and oxygen atoms in total. The van der Waals surface area contributed by atoms with Crippen molar-refractivity contribution in [2.24, 2.45) is 0 Å². The Morgan fingerprint density at radius 3 is 3.09 bits per heavy atom. The minimum absolute atomic E-state index is 0.579. The molecule has 2 heterocycles. The SMILES string of the molecule is CCC1=CB2C=CC=CC2=B1. The third kappa shape index (κ3) is 1.18. The van der Waals surface area contributed by atoms with E-state index in [1.165, 1.54) is 10.8 Å². The van der Waals surface area contributed by atoms with Gasteiger partial charge in [0.25, 0.3) is 0 Å². The molecule has 0 unspecified atom stereocenters. The van der Waals surface area contributed by atoms with Crippen molar-refractivity contribution < 1.29 is 0 Å². The molecular weight excluding hydrogens is 130 g/mol. The van der Waals surface area contributed by atoms with Crippen molar-refractivity contribution in [3.63, 3.8) is 0 Å². The molecule has 52 valence electrons. The molecule has 0 atom stereocenters. The fourth-order valence-corrected chi connectivity index (χ4v) is 1.58. The van der Waals surface area contributed by atoms with Crippen LogP contribution in [0.2, 0.25) is 0 Å². The summed E-state index contributed by atoms with van der Waals surface area (Å²) in [6.45, 7) is 5.08. The van der Waals surface area contributed by atoms with Crippen molar-refractivity contribution in [1.82, 2.24) is 0 Å². The molecule has 0 aromatic heterocycles. The zero-order valence-electron chi connectivity index (χ0n) is 6.75. The van der Waals surface area contributed by atoms with Crippen molar-refractivity contribution in [3.8, 4) is 0 Å². The fourth-order valence-electron chi connectivity index (χ4n) is 1.58. The number of fused-ring (bicyclic) bond motifs is 1. The van der Waals surface area contributed by atoms with Gasteiger partial charge in [-0.05, 0) is 0 Å². The van der Waals surface area contributed by atoms with Gasteiger partial charge in [-0.25, -0.2) is 0 Å². The van der Waals surface area contributed by atoms with Gasteiger partial charge in [0.05, 0.1) is 0 Å². The molecule has 0 radical (unpaired) electrons. The van der Waals surface area contributed by atoms with Crippen molar-refractivity contribution in [2.75, 3.05) is 0 Å². The average Bonchev–Trinajstić information content (AvgIpc) is 2.46. The van der Waals surface area contributed by atoms with Crippen LogP contribution in [0, 0.1) is 0 Å². The van der Waals surface area contributed by atoms with Crippen LogP contribution in [0.15, 0.2) is 35.7 Å². The van der Waals surface area contributed by atoms with E-state index in [1.807, 2.05) is 0 Å². The molecule has 2 aliphatic rings. The third-order valence-electron chi connectivity index (χ3n) is 2.26. The Morgan fingerprint density at radius 1 is 1.45 bits per heavy atom. The van der Waals surface area contributed by atoms with Crippen LogP contribution in [0.25, 0.3) is 0 Å². The summed E-state index contributed by atoms with van der Waals surface area (Å²) in [5.41, 5.74) is 1.47. The van der Waals surface area contributed by atoms with E-state index in [1.54, 1.807) is 0 Å². The Morgan fingerprint density at radius 2 is 2.36 bits per heavy atom. The van der Waals surface area contributed by atoms with Crippen LogP contribution in [-0.4, -0.2) is 19.0 Å². The molecule has 0 N–H and O–H groups in total. The second kappa shape index (κ2) is 2.69. The van der Waals surface area contributed by atoms with Gasteiger partial charge in [0, 0.05) is 0 Å². The molecule has 11 heavy (non-hydrogen) atoms. The van der Waals surface area contributed by atoms with E-state index in [9.17, 15) is 0 Å². The van der Waals surface area contributed by atoms with E-state index in [4.69, 9.17) is 0 Å². The Kier molecular flexibility index (Phi) is 1.69. The van der Waals surface area contributed by atoms with Gasteiger partial charge < -0.3 is 0 Å². The third-order valence-corrected chi connectivity index (χ3v) is 2.26. The minimum atomic E-state index is 0.579. The van der Waals surface area contributed by atoms with Crippen molar-refractivity contribution in [3.05, 3.63) is 35.7 Å². The predicted octanol–water partition coefficient (Wildman–Crippen LogP) is 1.41. The molecule has 2 aliphatic heterocycles. The van der Waals surface area contributed by atoms with Crippen LogP contribution in [-0.2, 0) is 0 Å². The molecule has 0 aliphatic carbocycles. The van der Waals surface area contributed by atoms with Crippen molar-refractivity contribution in [1.29, 1.82) is 0 Å². The predicted molar refractivity (Wildman–Crippen MR) is 53.2 cm³/mol. The van der Waals surface area contributed by atoms with E-state index in [0.29, 0.717) is 6.71 Å². The van der Waals surface area contributed by atoms with Gasteiger partial charge in [-0.2, -0.15) is 0 Å². The number of allylic oxidation sites excluding steroid dienone is 4. The number of hydrogen-bond acceptors (Lipinski definition) is 0. The summed E-state index contributed by atoms with van der Waals surface area (Å²) in [7, 11) is 0. The molecule has 0 aromatic rings. The first-order valence-corrected chi connectivity index (χ1v) is 4.17. The second-order valence-electron chi connectivity index (χ2n) is 3.01. The first kappa shape index (κ1) is 6.90. The molecule has 0 fully saturated rings. The Labute approximate surface area is 68.7 Å². The summed E-state index contributed by atoms with van der Waals surface area (Å²) < 4.78 is 0. The Balaban J connectivity index is 2.31. The van der Waals surface area contributed by atoms with Crippen LogP contribution in [0.3, 0.4) is 0 Å². The molecule has 0 aromatic carbocycles. The second-order valence-corrected chi connectivity index (χ2v) is 3.01. The summed E-state index contributed by atoms with van der Waals surface area (Å²) in [5, 5.41) is 1.45. The van der Waals surface area contributed by atoms with Crippen LogP contribution >= 0.6 is 0 Å². The van der Waals surface area contributed by atoms with Crippen LogP contribution in [0.1, 0.15) is 13.3 Å². The van der Waals surface area contributed by atoms with E-state index in [-0.39, 0.29) is 0 Å². The summed E-state index contributed by atoms with van der Waals surface area (Å²) >= 11 is 0. The van der Waals surface area contributed by atoms with Crippen LogP contribution in [0.5, 0.6) is 0 Å². The Hall–Kier alpha value is -0.780. The maximum atomic E-state index is 2.34. The van der Waals surface area contributed by atoms with Crippen LogP contribution < -0.4 is 0 Å². The van der Waals surface area contributed by atoms with Crippen molar-refractivity contribution in [2.45, 2.75) is 13.3 Å². The normalized spacial score (nSPS) is 19.2. The van der Waals surface area contributed by atoms with Gasteiger partial charge in [0.2, 0.25) is 0 Å². The molecule has 0 saturated heterocycles. The van der Waals surface area contributed by atoms with Crippen LogP contribution in [0.4, 0.5) is 0 Å². The maximum absolute atomic E-state index is 2.34. The summed E-state index contributed by atoms with van der Waals surface area (Å²) in [6.07, 6.45) is 7.58. The summed E-state index contributed by atoms with van der Waals surface area (Å²) in [6, 6.07) is 0. The van der Waals surface area contributed by atoms with Gasteiger partial charge in [0.1, 0.15) is 0 Å². The standard InChI is InChI=1S/C9H10B2/c1-2-8-7-11-6-4-3-5-9(11)10-8/h3-7H,2H2,1H3. The van der Waals surface area contributed by atoms with E-state index in [0.717, 1.165) is 6.42 Å². The topological polar surface area (TPSA) is 0 Å². The summed E-state index contributed by atoms with van der Waals surface area (Å²) in [5.74, 6) is 4.59. The van der Waals surface area contributed by atoms with E-state index < -0.39 is 0 Å². The summed E-state index contributed by atoms with van der Waals surface area (Å²) in [4.78, 5) is 0. The number of hydrogen-bond donors (Lipinski definition) is 0. The van der Waals surface area contributed by atoms with E-state index in [2.05, 4.69) is 44.0 Å². The zero-order valence-corrected chi connectivity index (χ0v) is 6.75. The quantitative estimate of drug-likeness (QED) is 0.482. The fraction of sp³-hybridized carbons (Fsp3) is 0.222. The molecule has 0 spiro atoms. The van der Waals surface area contributed by atoms with Crippen molar-refractivity contribution >= 4 is 19.0 Å². The van der Waals surface area contributed by atoms with Gasteiger partial charge in [-0.15, -0.1) is 0 Å². The van der Waals surface area contributed by atoms with Gasteiger partial charge in [0.15, 0.2) is 0 Å². The molecule has 0 saturated carbocycles. The molecular formula is C9H10B2. The first-order valence-electron chi connectivity index (χ1n) is 4.17. The van der Waals surface area contributed by atoms with E-state index >= 15 is 0 Å². The zero-order chi connectivity index (χ0) is 7.68. The molecule has 0 bridgehead atoms. The van der Waals surface area contributed by atoms with Gasteiger partial charge in [-0.3, -0.25) is 0 Å².